The molecular weight excluding hydrogens is 431 g/mol. The Morgan fingerprint density at radius 3 is 3.03 bits per heavy atom. The minimum atomic E-state index is -0.243. The summed E-state index contributed by atoms with van der Waals surface area (Å²) in [5.41, 5.74) is 2.79. The van der Waals surface area contributed by atoms with Gasteiger partial charge in [0, 0.05) is 25.1 Å². The molecule has 170 valence electrons. The van der Waals surface area contributed by atoms with E-state index in [-0.39, 0.29) is 17.8 Å². The molecule has 1 atom stereocenters. The Kier molecular flexibility index (Phi) is 7.32. The smallest absolute Gasteiger partial charge is 0.230 e. The number of aromatic amines is 1. The highest BCUT2D eigenvalue weighted by Crippen LogP contribution is 2.34. The molecule has 1 amide bonds. The lowest BCUT2D eigenvalue weighted by atomic mass is 10.0. The zero-order valence-corrected chi connectivity index (χ0v) is 19.0. The summed E-state index contributed by atoms with van der Waals surface area (Å²) in [4.78, 5) is 31.0. The molecule has 1 aromatic carbocycles. The quantitative estimate of drug-likeness (QED) is 0.522. The first-order chi connectivity index (χ1) is 15.5. The van der Waals surface area contributed by atoms with E-state index in [1.807, 2.05) is 6.07 Å². The number of amidine groups is 1. The summed E-state index contributed by atoms with van der Waals surface area (Å²) in [6, 6.07) is 6.41. The lowest BCUT2D eigenvalue weighted by Gasteiger charge is -2.30. The topological polar surface area (TPSA) is 85.7 Å². The molecule has 0 aliphatic carbocycles. The third-order valence-corrected chi connectivity index (χ3v) is 5.90. The van der Waals surface area contributed by atoms with Gasteiger partial charge in [-0.05, 0) is 55.1 Å². The molecule has 9 heteroatoms. The van der Waals surface area contributed by atoms with Gasteiger partial charge in [0.1, 0.15) is 11.7 Å². The highest BCUT2D eigenvalue weighted by Gasteiger charge is 2.34. The number of aromatic nitrogens is 2. The second-order valence-corrected chi connectivity index (χ2v) is 8.55. The number of amides is 1. The molecule has 3 heterocycles. The second kappa shape index (κ2) is 10.4. The number of hydrogen-bond acceptors (Lipinski definition) is 5. The van der Waals surface area contributed by atoms with Crippen molar-refractivity contribution in [1.82, 2.24) is 15.3 Å². The Balaban J connectivity index is 1.27. The standard InChI is InChI=1S/C23H28ClFN6O/c1-2-3-10-31-20(32)13-18(21-22(31)30-23(24)29-21)26-9-5-8-17-14-27-19(28-17)12-15-6-4-7-16(25)11-15/h4,6-7,11,18,26H,2-3,5,8-10,12-14H2,1H3,(H,29,30). The van der Waals surface area contributed by atoms with E-state index in [0.717, 1.165) is 55.0 Å². The van der Waals surface area contributed by atoms with Crippen LogP contribution in [0.5, 0.6) is 0 Å². The van der Waals surface area contributed by atoms with E-state index < -0.39 is 0 Å². The van der Waals surface area contributed by atoms with Gasteiger partial charge >= 0.3 is 0 Å². The van der Waals surface area contributed by atoms with Gasteiger partial charge in [0.15, 0.2) is 5.82 Å². The zero-order valence-electron chi connectivity index (χ0n) is 18.2. The number of imidazole rings is 1. The van der Waals surface area contributed by atoms with E-state index in [4.69, 9.17) is 11.6 Å². The van der Waals surface area contributed by atoms with Crippen LogP contribution >= 0.6 is 11.6 Å². The fraction of sp³-hybridized carbons (Fsp3) is 0.478. The van der Waals surface area contributed by atoms with Gasteiger partial charge in [-0.25, -0.2) is 9.38 Å². The van der Waals surface area contributed by atoms with Crippen LogP contribution in [-0.4, -0.2) is 47.1 Å². The van der Waals surface area contributed by atoms with Crippen LogP contribution in [0.2, 0.25) is 5.28 Å². The number of unbranched alkanes of at least 4 members (excludes halogenated alkanes) is 1. The van der Waals surface area contributed by atoms with E-state index in [2.05, 4.69) is 32.2 Å². The van der Waals surface area contributed by atoms with Crippen molar-refractivity contribution in [3.63, 3.8) is 0 Å². The fourth-order valence-corrected chi connectivity index (χ4v) is 4.27. The van der Waals surface area contributed by atoms with Crippen molar-refractivity contribution in [2.75, 3.05) is 24.5 Å². The number of halogens is 2. The minimum Gasteiger partial charge on any atom is -0.329 e. The highest BCUT2D eigenvalue weighted by atomic mass is 35.5. The third-order valence-electron chi connectivity index (χ3n) is 5.72. The average molecular weight is 459 g/mol. The van der Waals surface area contributed by atoms with Crippen LogP contribution in [0.25, 0.3) is 0 Å². The molecular formula is C23H28ClFN6O. The Bertz CT molecular complexity index is 1030. The first kappa shape index (κ1) is 22.6. The third kappa shape index (κ3) is 5.42. The molecule has 0 saturated carbocycles. The molecule has 0 bridgehead atoms. The predicted molar refractivity (Wildman–Crippen MR) is 125 cm³/mol. The number of nitrogens with one attached hydrogen (secondary N) is 2. The zero-order chi connectivity index (χ0) is 22.5. The van der Waals surface area contributed by atoms with Crippen molar-refractivity contribution in [2.45, 2.75) is 51.5 Å². The first-order valence-electron chi connectivity index (χ1n) is 11.2. The van der Waals surface area contributed by atoms with Crippen LogP contribution in [0.15, 0.2) is 34.3 Å². The summed E-state index contributed by atoms with van der Waals surface area (Å²) in [5.74, 6) is 1.23. The van der Waals surface area contributed by atoms with Gasteiger partial charge in [-0.1, -0.05) is 25.5 Å². The summed E-state index contributed by atoms with van der Waals surface area (Å²) in [5, 5.41) is 3.77. The Hall–Kier alpha value is -2.58. The molecule has 1 unspecified atom stereocenters. The number of carbonyl (C=O) groups excluding carboxylic acids is 1. The molecule has 0 fully saturated rings. The number of nitrogens with zero attached hydrogens (tertiary/aromatic N) is 4. The molecule has 7 nitrogen and oxygen atoms in total. The maximum absolute atomic E-state index is 13.4. The molecule has 1 aromatic heterocycles. The monoisotopic (exact) mass is 458 g/mol. The molecule has 0 saturated heterocycles. The molecule has 0 spiro atoms. The van der Waals surface area contributed by atoms with E-state index in [1.54, 1.807) is 11.0 Å². The van der Waals surface area contributed by atoms with Gasteiger partial charge < -0.3 is 10.3 Å². The number of hydrogen-bond donors (Lipinski definition) is 2. The lowest BCUT2D eigenvalue weighted by Crippen LogP contribution is -2.41. The van der Waals surface area contributed by atoms with Gasteiger partial charge in [0.05, 0.1) is 18.3 Å². The van der Waals surface area contributed by atoms with Gasteiger partial charge in [-0.3, -0.25) is 14.7 Å². The van der Waals surface area contributed by atoms with E-state index in [9.17, 15) is 9.18 Å². The van der Waals surface area contributed by atoms with Crippen molar-refractivity contribution in [1.29, 1.82) is 0 Å². The van der Waals surface area contributed by atoms with Crippen molar-refractivity contribution < 1.29 is 9.18 Å². The summed E-state index contributed by atoms with van der Waals surface area (Å²) < 4.78 is 13.4. The van der Waals surface area contributed by atoms with Crippen molar-refractivity contribution in [2.24, 2.45) is 9.98 Å². The lowest BCUT2D eigenvalue weighted by molar-refractivity contribution is -0.119. The summed E-state index contributed by atoms with van der Waals surface area (Å²) in [6.45, 7) is 4.09. The number of H-pyrrole nitrogens is 1. The number of rotatable bonds is 10. The largest absolute Gasteiger partial charge is 0.329 e. The SMILES string of the molecule is CCCCN1C(=O)CC(NCCCC2=NC(Cc3cccc(F)c3)=NC2)c2[nH]c(Cl)nc21. The number of benzene rings is 1. The van der Waals surface area contributed by atoms with E-state index in [1.165, 1.54) is 12.1 Å². The number of anilines is 1. The normalized spacial score (nSPS) is 18.0. The summed E-state index contributed by atoms with van der Waals surface area (Å²) in [7, 11) is 0. The van der Waals surface area contributed by atoms with Crippen LogP contribution in [0.4, 0.5) is 10.2 Å². The number of aliphatic imine (C=N–C) groups is 2. The Morgan fingerprint density at radius 1 is 1.34 bits per heavy atom. The average Bonchev–Trinajstić information content (AvgIpc) is 3.37. The van der Waals surface area contributed by atoms with Crippen LogP contribution in [0.1, 0.15) is 56.3 Å². The highest BCUT2D eigenvalue weighted by molar-refractivity contribution is 6.28. The maximum atomic E-state index is 13.4. The first-order valence-corrected chi connectivity index (χ1v) is 11.5. The van der Waals surface area contributed by atoms with Crippen molar-refractivity contribution in [3.8, 4) is 0 Å². The van der Waals surface area contributed by atoms with Gasteiger partial charge in [0.2, 0.25) is 11.2 Å². The van der Waals surface area contributed by atoms with Gasteiger partial charge in [0.25, 0.3) is 0 Å². The Labute approximate surface area is 192 Å². The van der Waals surface area contributed by atoms with Crippen molar-refractivity contribution in [3.05, 3.63) is 46.6 Å². The second-order valence-electron chi connectivity index (χ2n) is 8.20. The molecule has 2 aliphatic rings. The minimum absolute atomic E-state index is 0.0715. The van der Waals surface area contributed by atoms with Crippen LogP contribution in [0, 0.1) is 5.82 Å². The molecule has 2 aromatic rings. The summed E-state index contributed by atoms with van der Waals surface area (Å²) >= 11 is 6.11. The summed E-state index contributed by atoms with van der Waals surface area (Å²) in [6.07, 6.45) is 4.57. The van der Waals surface area contributed by atoms with E-state index >= 15 is 0 Å². The van der Waals surface area contributed by atoms with E-state index in [0.29, 0.717) is 37.0 Å². The van der Waals surface area contributed by atoms with Crippen LogP contribution in [0.3, 0.4) is 0 Å². The van der Waals surface area contributed by atoms with Gasteiger partial charge in [-0.2, -0.15) is 4.98 Å². The molecule has 0 radical (unpaired) electrons. The van der Waals surface area contributed by atoms with Crippen LogP contribution in [-0.2, 0) is 11.2 Å². The number of fused-ring (bicyclic) bond motifs is 1. The number of carbonyl (C=O) groups is 1. The Morgan fingerprint density at radius 2 is 2.22 bits per heavy atom. The molecule has 4 rings (SSSR count). The molecule has 2 aliphatic heterocycles. The van der Waals surface area contributed by atoms with Crippen molar-refractivity contribution >= 4 is 34.9 Å². The maximum Gasteiger partial charge on any atom is 0.230 e. The fourth-order valence-electron chi connectivity index (χ4n) is 4.09. The predicted octanol–water partition coefficient (Wildman–Crippen LogP) is 4.25. The molecule has 2 N–H and O–H groups in total. The van der Waals surface area contributed by atoms with Gasteiger partial charge in [-0.15, -0.1) is 0 Å². The molecule has 32 heavy (non-hydrogen) atoms. The van der Waals surface area contributed by atoms with Crippen LogP contribution < -0.4 is 10.2 Å².